The summed E-state index contributed by atoms with van der Waals surface area (Å²) in [6.07, 6.45) is 6.82. The molecule has 0 spiro atoms. The zero-order chi connectivity index (χ0) is 7.68. The second kappa shape index (κ2) is 2.22. The lowest BCUT2D eigenvalue weighted by Crippen LogP contribution is -2.00. The van der Waals surface area contributed by atoms with Crippen LogP contribution < -0.4 is 5.73 Å². The summed E-state index contributed by atoms with van der Waals surface area (Å²) in [6.45, 7) is 0. The van der Waals surface area contributed by atoms with E-state index in [-0.39, 0.29) is 0 Å². The minimum absolute atomic E-state index is 0.819. The van der Waals surface area contributed by atoms with Crippen molar-refractivity contribution in [3.63, 3.8) is 0 Å². The zero-order valence-corrected chi connectivity index (χ0v) is 6.04. The summed E-state index contributed by atoms with van der Waals surface area (Å²) in [4.78, 5) is 0. The molecule has 0 aliphatic heterocycles. The maximum atomic E-state index is 5.74. The number of hydrogen-bond acceptors (Lipinski definition) is 1. The highest BCUT2D eigenvalue weighted by Gasteiger charge is 2.12. The number of rotatable bonds is 0. The van der Waals surface area contributed by atoms with Crippen molar-refractivity contribution >= 4 is 5.70 Å². The van der Waals surface area contributed by atoms with Crippen LogP contribution in [0.2, 0.25) is 0 Å². The van der Waals surface area contributed by atoms with Crippen LogP contribution in [-0.2, 0) is 0 Å². The first-order chi connectivity index (χ1) is 5.38. The van der Waals surface area contributed by atoms with Crippen molar-refractivity contribution in [3.05, 3.63) is 53.6 Å². The van der Waals surface area contributed by atoms with Gasteiger partial charge in [0.25, 0.3) is 0 Å². The van der Waals surface area contributed by atoms with Crippen molar-refractivity contribution in [2.75, 3.05) is 0 Å². The van der Waals surface area contributed by atoms with E-state index < -0.39 is 0 Å². The van der Waals surface area contributed by atoms with Gasteiger partial charge in [-0.1, -0.05) is 0 Å². The molecule has 2 N–H and O–H groups in total. The Morgan fingerprint density at radius 2 is 2.00 bits per heavy atom. The maximum absolute atomic E-state index is 5.74. The van der Waals surface area contributed by atoms with Gasteiger partial charge in [-0.05, 0) is 18.2 Å². The van der Waals surface area contributed by atoms with Gasteiger partial charge in [0.05, 0.1) is 6.08 Å². The van der Waals surface area contributed by atoms with Crippen LogP contribution >= 0.6 is 0 Å². The Morgan fingerprint density at radius 1 is 1.18 bits per heavy atom. The highest BCUT2D eigenvalue weighted by molar-refractivity contribution is 5.70. The van der Waals surface area contributed by atoms with Gasteiger partial charge in [-0.2, -0.15) is 0 Å². The van der Waals surface area contributed by atoms with E-state index in [4.69, 9.17) is 5.73 Å². The van der Waals surface area contributed by atoms with Gasteiger partial charge in [-0.3, -0.25) is 0 Å². The van der Waals surface area contributed by atoms with Crippen LogP contribution in [-0.4, -0.2) is 0 Å². The molecule has 1 aliphatic carbocycles. The predicted molar refractivity (Wildman–Crippen MR) is 45.5 cm³/mol. The standard InChI is InChI=1S/C10H8N/c11-10-7-3-5-8-4-1-2-6-9(8)10/h1-4,6-7H,11H2/q+1. The fraction of sp³-hybridized carbons (Fsp3) is 0. The maximum Gasteiger partial charge on any atom is 0.157 e. The van der Waals surface area contributed by atoms with E-state index in [9.17, 15) is 0 Å². The van der Waals surface area contributed by atoms with Crippen LogP contribution in [0.3, 0.4) is 0 Å². The Balaban J connectivity index is 2.67. The summed E-state index contributed by atoms with van der Waals surface area (Å²) < 4.78 is 0. The smallest absolute Gasteiger partial charge is 0.157 e. The van der Waals surface area contributed by atoms with Gasteiger partial charge in [0.15, 0.2) is 5.56 Å². The lowest BCUT2D eigenvalue weighted by molar-refractivity contribution is 1.42. The molecule has 0 radical (unpaired) electrons. The normalized spacial score (nSPS) is 13.3. The molecule has 1 nitrogen and oxygen atoms in total. The van der Waals surface area contributed by atoms with Crippen LogP contribution in [0.25, 0.3) is 5.70 Å². The van der Waals surface area contributed by atoms with E-state index >= 15 is 0 Å². The van der Waals surface area contributed by atoms with Gasteiger partial charge >= 0.3 is 0 Å². The monoisotopic (exact) mass is 142 g/mol. The Kier molecular flexibility index (Phi) is 1.24. The Bertz CT molecular complexity index is 334. The molecule has 0 saturated heterocycles. The second-order valence-corrected chi connectivity index (χ2v) is 2.48. The predicted octanol–water partition coefficient (Wildman–Crippen LogP) is 1.71. The van der Waals surface area contributed by atoms with Gasteiger partial charge in [-0.25, -0.2) is 0 Å². The summed E-state index contributed by atoms with van der Waals surface area (Å²) in [5, 5.41) is 0. The molecular weight excluding hydrogens is 134 g/mol. The van der Waals surface area contributed by atoms with Crippen molar-refractivity contribution in [1.29, 1.82) is 0 Å². The van der Waals surface area contributed by atoms with Crippen LogP contribution in [0.15, 0.2) is 36.4 Å². The SMILES string of the molecule is NC1=CC=[C+]c2ccccc21. The molecular formula is C10H8N+. The van der Waals surface area contributed by atoms with Crippen LogP contribution in [0.1, 0.15) is 11.1 Å². The fourth-order valence-corrected chi connectivity index (χ4v) is 1.17. The van der Waals surface area contributed by atoms with E-state index in [1.165, 1.54) is 0 Å². The molecule has 0 bridgehead atoms. The lowest BCUT2D eigenvalue weighted by atomic mass is 10.0. The third-order valence-electron chi connectivity index (χ3n) is 1.74. The van der Waals surface area contributed by atoms with Crippen LogP contribution in [0.4, 0.5) is 0 Å². The lowest BCUT2D eigenvalue weighted by Gasteiger charge is -1.99. The summed E-state index contributed by atoms with van der Waals surface area (Å²) in [6, 6.07) is 7.97. The van der Waals surface area contributed by atoms with Crippen molar-refractivity contribution in [1.82, 2.24) is 0 Å². The third-order valence-corrected chi connectivity index (χ3v) is 1.74. The highest BCUT2D eigenvalue weighted by atomic mass is 14.6. The van der Waals surface area contributed by atoms with E-state index in [1.54, 1.807) is 0 Å². The van der Waals surface area contributed by atoms with Crippen LogP contribution in [0, 0.1) is 6.08 Å². The van der Waals surface area contributed by atoms with Gasteiger partial charge in [0.2, 0.25) is 0 Å². The van der Waals surface area contributed by atoms with E-state index in [0.29, 0.717) is 0 Å². The van der Waals surface area contributed by atoms with Crippen molar-refractivity contribution in [3.8, 4) is 0 Å². The number of allylic oxidation sites excluding steroid dienone is 2. The quantitative estimate of drug-likeness (QED) is 0.548. The first-order valence-electron chi connectivity index (χ1n) is 3.53. The molecule has 0 unspecified atom stereocenters. The molecule has 0 heterocycles. The minimum atomic E-state index is 0.819. The van der Waals surface area contributed by atoms with Gasteiger partial charge in [0.1, 0.15) is 11.3 Å². The van der Waals surface area contributed by atoms with Crippen molar-refractivity contribution in [2.24, 2.45) is 5.73 Å². The summed E-state index contributed by atoms with van der Waals surface area (Å²) >= 11 is 0. The van der Waals surface area contributed by atoms with Gasteiger partial charge in [-0.15, -0.1) is 0 Å². The van der Waals surface area contributed by atoms with Gasteiger partial charge < -0.3 is 5.73 Å². The molecule has 52 valence electrons. The molecule has 1 heteroatoms. The zero-order valence-electron chi connectivity index (χ0n) is 6.04. The molecule has 2 rings (SSSR count). The third kappa shape index (κ3) is 0.917. The summed E-state index contributed by atoms with van der Waals surface area (Å²) in [7, 11) is 0. The fourth-order valence-electron chi connectivity index (χ4n) is 1.17. The average Bonchev–Trinajstić information content (AvgIpc) is 2.06. The first-order valence-corrected chi connectivity index (χ1v) is 3.53. The Morgan fingerprint density at radius 3 is 2.82 bits per heavy atom. The van der Waals surface area contributed by atoms with Crippen molar-refractivity contribution in [2.45, 2.75) is 0 Å². The topological polar surface area (TPSA) is 26.0 Å². The number of nitrogens with two attached hydrogens (primary N) is 1. The van der Waals surface area contributed by atoms with Gasteiger partial charge in [0, 0.05) is 18.2 Å². The molecule has 1 aliphatic rings. The largest absolute Gasteiger partial charge is 0.382 e. The summed E-state index contributed by atoms with van der Waals surface area (Å²) in [5.41, 5.74) is 8.71. The highest BCUT2D eigenvalue weighted by Crippen LogP contribution is 2.18. The molecule has 0 fully saturated rings. The molecule has 0 amide bonds. The number of hydrogen-bond donors (Lipinski definition) is 1. The average molecular weight is 142 g/mol. The Hall–Kier alpha value is -1.59. The number of fused-ring (bicyclic) bond motifs is 1. The van der Waals surface area contributed by atoms with E-state index in [2.05, 4.69) is 6.08 Å². The molecule has 0 saturated carbocycles. The van der Waals surface area contributed by atoms with E-state index in [1.807, 2.05) is 36.4 Å². The van der Waals surface area contributed by atoms with Crippen LogP contribution in [0.5, 0.6) is 0 Å². The molecule has 11 heavy (non-hydrogen) atoms. The Labute approximate surface area is 65.8 Å². The minimum Gasteiger partial charge on any atom is -0.382 e. The number of benzene rings is 1. The van der Waals surface area contributed by atoms with E-state index in [0.717, 1.165) is 16.8 Å². The molecule has 1 aromatic rings. The molecule has 0 atom stereocenters. The summed E-state index contributed by atoms with van der Waals surface area (Å²) in [5.74, 6) is 0. The first kappa shape index (κ1) is 6.14. The van der Waals surface area contributed by atoms with Crippen molar-refractivity contribution < 1.29 is 0 Å². The second-order valence-electron chi connectivity index (χ2n) is 2.48. The molecule has 1 aromatic carbocycles. The molecule has 0 aromatic heterocycles.